The van der Waals surface area contributed by atoms with Crippen molar-refractivity contribution >= 4 is 22.5 Å². The Balaban J connectivity index is 1.74. The van der Waals surface area contributed by atoms with Crippen LogP contribution in [-0.4, -0.2) is 10.9 Å². The largest absolute Gasteiger partial charge is 0.398 e. The first kappa shape index (κ1) is 13.1. The number of hydrogen-bond donors (Lipinski definition) is 2. The predicted octanol–water partition coefficient (Wildman–Crippen LogP) is 2.75. The van der Waals surface area contributed by atoms with Crippen LogP contribution in [-0.2, 0) is 6.54 Å². The van der Waals surface area contributed by atoms with Gasteiger partial charge < -0.3 is 11.1 Å². The summed E-state index contributed by atoms with van der Waals surface area (Å²) in [5, 5.41) is 3.92. The Morgan fingerprint density at radius 2 is 1.86 bits per heavy atom. The molecule has 1 amide bonds. The van der Waals surface area contributed by atoms with Crippen LogP contribution in [0.1, 0.15) is 15.9 Å². The maximum atomic E-state index is 12.1. The monoisotopic (exact) mass is 277 g/mol. The lowest BCUT2D eigenvalue weighted by Crippen LogP contribution is -2.23. The topological polar surface area (TPSA) is 68.0 Å². The summed E-state index contributed by atoms with van der Waals surface area (Å²) in [6, 6.07) is 16.9. The number of nitrogens with zero attached hydrogens (tertiary/aromatic N) is 1. The van der Waals surface area contributed by atoms with Gasteiger partial charge in [-0.2, -0.15) is 0 Å². The van der Waals surface area contributed by atoms with Crippen molar-refractivity contribution in [1.29, 1.82) is 0 Å². The minimum absolute atomic E-state index is 0.179. The number of aromatic nitrogens is 1. The molecule has 4 heteroatoms. The van der Waals surface area contributed by atoms with Crippen molar-refractivity contribution in [3.05, 3.63) is 71.9 Å². The molecule has 4 nitrogen and oxygen atoms in total. The Morgan fingerprint density at radius 1 is 1.10 bits per heavy atom. The third-order valence-corrected chi connectivity index (χ3v) is 3.31. The molecule has 0 radical (unpaired) electrons. The molecule has 3 N–H and O–H groups in total. The van der Waals surface area contributed by atoms with E-state index in [0.717, 1.165) is 16.5 Å². The predicted molar refractivity (Wildman–Crippen MR) is 83.8 cm³/mol. The third-order valence-electron chi connectivity index (χ3n) is 3.31. The van der Waals surface area contributed by atoms with Crippen LogP contribution in [0.5, 0.6) is 0 Å². The summed E-state index contributed by atoms with van der Waals surface area (Å²) in [5.41, 5.74) is 8.66. The number of nitrogens with one attached hydrogen (secondary N) is 1. The van der Waals surface area contributed by atoms with Crippen LogP contribution in [0.3, 0.4) is 0 Å². The lowest BCUT2D eigenvalue weighted by molar-refractivity contribution is 0.0952. The molecule has 1 heterocycles. The molecular formula is C17H15N3O. The fraction of sp³-hybridized carbons (Fsp3) is 0.0588. The highest BCUT2D eigenvalue weighted by Gasteiger charge is 2.08. The van der Waals surface area contributed by atoms with E-state index in [1.54, 1.807) is 30.5 Å². The molecule has 0 aliphatic rings. The number of carbonyl (C=O) groups excluding carboxylic acids is 1. The Kier molecular flexibility index (Phi) is 3.51. The van der Waals surface area contributed by atoms with Crippen molar-refractivity contribution in [3.8, 4) is 0 Å². The summed E-state index contributed by atoms with van der Waals surface area (Å²) < 4.78 is 0. The van der Waals surface area contributed by atoms with E-state index in [1.165, 1.54) is 0 Å². The summed E-state index contributed by atoms with van der Waals surface area (Å²) >= 11 is 0. The summed E-state index contributed by atoms with van der Waals surface area (Å²) in [4.78, 5) is 16.5. The molecule has 0 unspecified atom stereocenters. The molecule has 3 rings (SSSR count). The third kappa shape index (κ3) is 2.84. The number of para-hydroxylation sites is 2. The minimum atomic E-state index is -0.179. The molecule has 3 aromatic rings. The normalized spacial score (nSPS) is 10.5. The molecule has 1 aromatic heterocycles. The quantitative estimate of drug-likeness (QED) is 0.723. The Bertz CT molecular complexity index is 799. The highest BCUT2D eigenvalue weighted by atomic mass is 16.1. The van der Waals surface area contributed by atoms with Gasteiger partial charge in [0.2, 0.25) is 0 Å². The summed E-state index contributed by atoms with van der Waals surface area (Å²) in [7, 11) is 0. The van der Waals surface area contributed by atoms with Gasteiger partial charge in [0.25, 0.3) is 5.91 Å². The smallest absolute Gasteiger partial charge is 0.253 e. The van der Waals surface area contributed by atoms with Crippen LogP contribution < -0.4 is 11.1 Å². The first-order valence-corrected chi connectivity index (χ1v) is 6.70. The van der Waals surface area contributed by atoms with Crippen molar-refractivity contribution in [3.63, 3.8) is 0 Å². The Morgan fingerprint density at radius 3 is 2.71 bits per heavy atom. The Hall–Kier alpha value is -2.88. The molecule has 0 spiro atoms. The van der Waals surface area contributed by atoms with Crippen LogP contribution in [0, 0.1) is 0 Å². The number of anilines is 1. The molecule has 21 heavy (non-hydrogen) atoms. The average molecular weight is 277 g/mol. The second kappa shape index (κ2) is 5.63. The zero-order valence-corrected chi connectivity index (χ0v) is 11.4. The number of carbonyl (C=O) groups is 1. The van der Waals surface area contributed by atoms with E-state index < -0.39 is 0 Å². The standard InChI is InChI=1S/C17H15N3O/c18-15-7-3-2-6-14(15)17(21)20-11-12-9-13-5-1-4-8-16(13)19-10-12/h1-10H,11,18H2,(H,20,21). The zero-order chi connectivity index (χ0) is 14.7. The van der Waals surface area contributed by atoms with Gasteiger partial charge in [0.1, 0.15) is 0 Å². The molecule has 0 saturated heterocycles. The van der Waals surface area contributed by atoms with E-state index in [4.69, 9.17) is 5.73 Å². The molecule has 0 saturated carbocycles. The van der Waals surface area contributed by atoms with Gasteiger partial charge in [0.15, 0.2) is 0 Å². The van der Waals surface area contributed by atoms with Crippen molar-refractivity contribution in [1.82, 2.24) is 10.3 Å². The van der Waals surface area contributed by atoms with Crippen LogP contribution in [0.15, 0.2) is 60.8 Å². The van der Waals surface area contributed by atoms with Gasteiger partial charge in [-0.25, -0.2) is 0 Å². The lowest BCUT2D eigenvalue weighted by atomic mass is 10.1. The SMILES string of the molecule is Nc1ccccc1C(=O)NCc1cnc2ccccc2c1. The van der Waals surface area contributed by atoms with Gasteiger partial charge in [-0.3, -0.25) is 9.78 Å². The molecule has 0 atom stereocenters. The molecule has 104 valence electrons. The molecule has 0 bridgehead atoms. The molecule has 0 aliphatic carbocycles. The first-order chi connectivity index (χ1) is 10.2. The fourth-order valence-electron chi connectivity index (χ4n) is 2.19. The van der Waals surface area contributed by atoms with Crippen LogP contribution >= 0.6 is 0 Å². The first-order valence-electron chi connectivity index (χ1n) is 6.70. The molecule has 0 fully saturated rings. The highest BCUT2D eigenvalue weighted by molar-refractivity contribution is 5.99. The Labute approximate surface area is 122 Å². The van der Waals surface area contributed by atoms with E-state index in [0.29, 0.717) is 17.8 Å². The van der Waals surface area contributed by atoms with E-state index in [-0.39, 0.29) is 5.91 Å². The van der Waals surface area contributed by atoms with E-state index in [9.17, 15) is 4.79 Å². The van der Waals surface area contributed by atoms with Gasteiger partial charge in [0, 0.05) is 23.8 Å². The summed E-state index contributed by atoms with van der Waals surface area (Å²) in [6.45, 7) is 0.422. The van der Waals surface area contributed by atoms with Crippen LogP contribution in [0.25, 0.3) is 10.9 Å². The molecular weight excluding hydrogens is 262 g/mol. The van der Waals surface area contributed by atoms with Gasteiger partial charge in [0.05, 0.1) is 11.1 Å². The lowest BCUT2D eigenvalue weighted by Gasteiger charge is -2.08. The van der Waals surface area contributed by atoms with Crippen LogP contribution in [0.2, 0.25) is 0 Å². The van der Waals surface area contributed by atoms with E-state index in [1.807, 2.05) is 30.3 Å². The summed E-state index contributed by atoms with van der Waals surface area (Å²) in [5.74, 6) is -0.179. The molecule has 0 aliphatic heterocycles. The number of amides is 1. The number of pyridine rings is 1. The number of benzene rings is 2. The number of nitrogen functional groups attached to an aromatic ring is 1. The van der Waals surface area contributed by atoms with Crippen molar-refractivity contribution in [2.24, 2.45) is 0 Å². The maximum Gasteiger partial charge on any atom is 0.253 e. The minimum Gasteiger partial charge on any atom is -0.398 e. The second-order valence-electron chi connectivity index (χ2n) is 4.81. The van der Waals surface area contributed by atoms with Gasteiger partial charge in [-0.05, 0) is 29.8 Å². The average Bonchev–Trinajstić information content (AvgIpc) is 2.53. The van der Waals surface area contributed by atoms with E-state index in [2.05, 4.69) is 10.3 Å². The van der Waals surface area contributed by atoms with Gasteiger partial charge in [-0.1, -0.05) is 30.3 Å². The van der Waals surface area contributed by atoms with E-state index >= 15 is 0 Å². The number of hydrogen-bond acceptors (Lipinski definition) is 3. The number of fused-ring (bicyclic) bond motifs is 1. The zero-order valence-electron chi connectivity index (χ0n) is 11.4. The summed E-state index contributed by atoms with van der Waals surface area (Å²) in [6.07, 6.45) is 1.77. The van der Waals surface area contributed by atoms with Gasteiger partial charge >= 0.3 is 0 Å². The van der Waals surface area contributed by atoms with Crippen LogP contribution in [0.4, 0.5) is 5.69 Å². The number of nitrogens with two attached hydrogens (primary N) is 1. The van der Waals surface area contributed by atoms with Crippen molar-refractivity contribution in [2.45, 2.75) is 6.54 Å². The van der Waals surface area contributed by atoms with Gasteiger partial charge in [-0.15, -0.1) is 0 Å². The highest BCUT2D eigenvalue weighted by Crippen LogP contribution is 2.13. The maximum absolute atomic E-state index is 12.1. The fourth-order valence-corrected chi connectivity index (χ4v) is 2.19. The van der Waals surface area contributed by atoms with Crippen molar-refractivity contribution in [2.75, 3.05) is 5.73 Å². The second-order valence-corrected chi connectivity index (χ2v) is 4.81. The number of rotatable bonds is 3. The molecule has 2 aromatic carbocycles. The van der Waals surface area contributed by atoms with Crippen molar-refractivity contribution < 1.29 is 4.79 Å².